The Morgan fingerprint density at radius 1 is 1.33 bits per heavy atom. The van der Waals surface area contributed by atoms with Gasteiger partial charge in [0.05, 0.1) is 12.6 Å². The van der Waals surface area contributed by atoms with E-state index in [1.54, 1.807) is 6.20 Å². The third-order valence-corrected chi connectivity index (χ3v) is 2.88. The van der Waals surface area contributed by atoms with Crippen molar-refractivity contribution in [1.82, 2.24) is 9.55 Å². The molecule has 0 bridgehead atoms. The average molecular weight is 267 g/mol. The number of imidazole rings is 1. The van der Waals surface area contributed by atoms with Gasteiger partial charge in [-0.2, -0.15) is 0 Å². The molecule has 15 heavy (non-hydrogen) atoms. The molecular weight excluding hydrogens is 256 g/mol. The monoisotopic (exact) mass is 266 g/mol. The lowest BCUT2D eigenvalue weighted by atomic mass is 10.1. The quantitative estimate of drug-likeness (QED) is 0.927. The number of hydrogen-bond acceptors (Lipinski definition) is 2. The van der Waals surface area contributed by atoms with Gasteiger partial charge in [0.2, 0.25) is 0 Å². The zero-order chi connectivity index (χ0) is 10.7. The number of halogens is 1. The number of aliphatic hydroxyl groups excluding tert-OH is 1. The van der Waals surface area contributed by atoms with E-state index >= 15 is 0 Å². The predicted molar refractivity (Wildman–Crippen MR) is 61.3 cm³/mol. The normalized spacial score (nSPS) is 12.7. The van der Waals surface area contributed by atoms with Crippen LogP contribution >= 0.6 is 15.9 Å². The maximum Gasteiger partial charge on any atom is 0.177 e. The summed E-state index contributed by atoms with van der Waals surface area (Å²) in [6.45, 7) is 0.505. The van der Waals surface area contributed by atoms with Crippen LogP contribution in [0.25, 0.3) is 0 Å². The summed E-state index contributed by atoms with van der Waals surface area (Å²) in [7, 11) is 0. The van der Waals surface area contributed by atoms with Gasteiger partial charge in [0.1, 0.15) is 0 Å². The van der Waals surface area contributed by atoms with E-state index in [4.69, 9.17) is 0 Å². The van der Waals surface area contributed by atoms with Gasteiger partial charge in [-0.3, -0.25) is 0 Å². The molecule has 1 atom stereocenters. The Morgan fingerprint density at radius 2 is 2.07 bits per heavy atom. The molecule has 0 aliphatic heterocycles. The zero-order valence-corrected chi connectivity index (χ0v) is 9.63. The highest BCUT2D eigenvalue weighted by atomic mass is 79.9. The van der Waals surface area contributed by atoms with Crippen LogP contribution in [0.4, 0.5) is 0 Å². The van der Waals surface area contributed by atoms with Crippen molar-refractivity contribution < 1.29 is 5.11 Å². The maximum absolute atomic E-state index is 9.95. The maximum atomic E-state index is 9.95. The molecule has 0 amide bonds. The van der Waals surface area contributed by atoms with Crippen molar-refractivity contribution in [2.45, 2.75) is 12.6 Å². The second kappa shape index (κ2) is 4.59. The fraction of sp³-hybridized carbons (Fsp3) is 0.182. The van der Waals surface area contributed by atoms with E-state index in [9.17, 15) is 5.11 Å². The lowest BCUT2D eigenvalue weighted by Crippen LogP contribution is -2.07. The van der Waals surface area contributed by atoms with Crippen LogP contribution in [0.3, 0.4) is 0 Å². The van der Waals surface area contributed by atoms with Crippen LogP contribution < -0.4 is 0 Å². The van der Waals surface area contributed by atoms with Gasteiger partial charge in [0.15, 0.2) is 4.73 Å². The molecule has 78 valence electrons. The molecule has 1 unspecified atom stereocenters. The van der Waals surface area contributed by atoms with Crippen molar-refractivity contribution in [2.24, 2.45) is 0 Å². The summed E-state index contributed by atoms with van der Waals surface area (Å²) < 4.78 is 2.59. The van der Waals surface area contributed by atoms with Crippen molar-refractivity contribution in [3.8, 4) is 0 Å². The van der Waals surface area contributed by atoms with Crippen LogP contribution in [0.5, 0.6) is 0 Å². The lowest BCUT2D eigenvalue weighted by molar-refractivity contribution is 0.155. The van der Waals surface area contributed by atoms with E-state index in [2.05, 4.69) is 20.9 Å². The Labute approximate surface area is 96.5 Å². The fourth-order valence-corrected chi connectivity index (χ4v) is 1.80. The minimum absolute atomic E-state index is 0.503. The van der Waals surface area contributed by atoms with Crippen LogP contribution in [0.1, 0.15) is 11.7 Å². The van der Waals surface area contributed by atoms with Crippen molar-refractivity contribution in [2.75, 3.05) is 0 Å². The largest absolute Gasteiger partial charge is 0.387 e. The molecule has 0 aliphatic rings. The average Bonchev–Trinajstić information content (AvgIpc) is 2.66. The summed E-state index contributed by atoms with van der Waals surface area (Å²) in [5, 5.41) is 9.95. The number of nitrogens with zero attached hydrogens (tertiary/aromatic N) is 2. The molecule has 2 rings (SSSR count). The molecule has 1 aromatic carbocycles. The van der Waals surface area contributed by atoms with Crippen LogP contribution in [-0.2, 0) is 6.54 Å². The summed E-state index contributed by atoms with van der Waals surface area (Å²) in [5.41, 5.74) is 0.915. The van der Waals surface area contributed by atoms with Gasteiger partial charge in [0.25, 0.3) is 0 Å². The van der Waals surface area contributed by atoms with E-state index in [-0.39, 0.29) is 0 Å². The number of hydrogen-bond donors (Lipinski definition) is 1. The molecule has 0 aliphatic carbocycles. The van der Waals surface area contributed by atoms with E-state index in [1.165, 1.54) is 0 Å². The van der Waals surface area contributed by atoms with Crippen LogP contribution in [0.15, 0.2) is 47.5 Å². The van der Waals surface area contributed by atoms with Gasteiger partial charge in [-0.15, -0.1) is 0 Å². The first-order valence-electron chi connectivity index (χ1n) is 4.67. The molecule has 1 aromatic heterocycles. The molecule has 1 N–H and O–H groups in total. The molecule has 1 heterocycles. The summed E-state index contributed by atoms with van der Waals surface area (Å²) in [5.74, 6) is 0. The summed E-state index contributed by atoms with van der Waals surface area (Å²) >= 11 is 3.31. The van der Waals surface area contributed by atoms with Gasteiger partial charge >= 0.3 is 0 Å². The number of aromatic nitrogens is 2. The summed E-state index contributed by atoms with van der Waals surface area (Å²) in [6, 6.07) is 9.59. The van der Waals surface area contributed by atoms with E-state index in [1.807, 2.05) is 41.1 Å². The second-order valence-electron chi connectivity index (χ2n) is 3.28. The third kappa shape index (κ3) is 2.46. The Hall–Kier alpha value is -1.13. The van der Waals surface area contributed by atoms with Gasteiger partial charge in [-0.25, -0.2) is 4.98 Å². The van der Waals surface area contributed by atoms with Gasteiger partial charge in [-0.1, -0.05) is 30.3 Å². The highest BCUT2D eigenvalue weighted by molar-refractivity contribution is 9.10. The topological polar surface area (TPSA) is 38.0 Å². The van der Waals surface area contributed by atoms with E-state index < -0.39 is 6.10 Å². The van der Waals surface area contributed by atoms with Gasteiger partial charge in [0, 0.05) is 12.4 Å². The number of rotatable bonds is 3. The predicted octanol–water partition coefficient (Wildman–Crippen LogP) is 2.38. The smallest absolute Gasteiger partial charge is 0.177 e. The molecule has 4 heteroatoms. The van der Waals surface area contributed by atoms with Gasteiger partial charge in [-0.05, 0) is 21.5 Å². The molecule has 0 fully saturated rings. The minimum Gasteiger partial charge on any atom is -0.387 e. The van der Waals surface area contributed by atoms with Crippen LogP contribution in [0.2, 0.25) is 0 Å². The zero-order valence-electron chi connectivity index (χ0n) is 8.05. The molecule has 0 saturated heterocycles. The number of aliphatic hydroxyl groups is 1. The first-order valence-corrected chi connectivity index (χ1v) is 5.46. The summed E-state index contributed by atoms with van der Waals surface area (Å²) in [4.78, 5) is 4.03. The molecule has 0 spiro atoms. The van der Waals surface area contributed by atoms with Crippen molar-refractivity contribution in [3.63, 3.8) is 0 Å². The second-order valence-corrected chi connectivity index (χ2v) is 3.98. The summed E-state index contributed by atoms with van der Waals surface area (Å²) in [6.07, 6.45) is 3.02. The number of benzene rings is 1. The molecule has 0 radical (unpaired) electrons. The van der Waals surface area contributed by atoms with E-state index in [0.29, 0.717) is 6.54 Å². The lowest BCUT2D eigenvalue weighted by Gasteiger charge is -2.12. The molecular formula is C11H11BrN2O. The third-order valence-electron chi connectivity index (χ3n) is 2.22. The molecule has 2 aromatic rings. The molecule has 3 nitrogen and oxygen atoms in total. The Morgan fingerprint density at radius 3 is 2.67 bits per heavy atom. The van der Waals surface area contributed by atoms with Crippen molar-refractivity contribution >= 4 is 15.9 Å². The van der Waals surface area contributed by atoms with E-state index in [0.717, 1.165) is 10.3 Å². The van der Waals surface area contributed by atoms with Crippen LogP contribution in [-0.4, -0.2) is 14.7 Å². The van der Waals surface area contributed by atoms with Crippen molar-refractivity contribution in [1.29, 1.82) is 0 Å². The minimum atomic E-state index is -0.503. The van der Waals surface area contributed by atoms with Crippen LogP contribution in [0, 0.1) is 0 Å². The van der Waals surface area contributed by atoms with Crippen molar-refractivity contribution in [3.05, 3.63) is 53.0 Å². The first kappa shape index (κ1) is 10.4. The Bertz CT molecular complexity index is 427. The molecule has 0 saturated carbocycles. The van der Waals surface area contributed by atoms with Gasteiger partial charge < -0.3 is 9.67 Å². The SMILES string of the molecule is OC(Cn1ccnc1Br)c1ccccc1. The highest BCUT2D eigenvalue weighted by Crippen LogP contribution is 2.16. The standard InChI is InChI=1S/C11H11BrN2O/c12-11-13-6-7-14(11)8-10(15)9-4-2-1-3-5-9/h1-7,10,15H,8H2. The first-order chi connectivity index (χ1) is 7.27. The Balaban J connectivity index is 2.11. The Kier molecular flexibility index (Phi) is 3.18. The highest BCUT2D eigenvalue weighted by Gasteiger charge is 2.08. The fourth-order valence-electron chi connectivity index (χ4n) is 1.41.